The molecule has 0 N–H and O–H groups in total. The predicted octanol–water partition coefficient (Wildman–Crippen LogP) is 5.31. The molecular formula is C15H10BrCl2N3. The lowest BCUT2D eigenvalue weighted by Crippen LogP contribution is -1.99. The van der Waals surface area contributed by atoms with Gasteiger partial charge in [-0.05, 0) is 52.2 Å². The highest BCUT2D eigenvalue weighted by molar-refractivity contribution is 9.10. The Morgan fingerprint density at radius 3 is 2.48 bits per heavy atom. The monoisotopic (exact) mass is 381 g/mol. The molecule has 0 aliphatic rings. The SMILES string of the molecule is Cc1cc(Br)c(-n2c(Cl)nnc2-c2ccccc2)cc1Cl. The number of halogens is 3. The van der Waals surface area contributed by atoms with Gasteiger partial charge in [0.05, 0.1) is 5.69 Å². The molecule has 0 fully saturated rings. The summed E-state index contributed by atoms with van der Waals surface area (Å²) in [7, 11) is 0. The van der Waals surface area contributed by atoms with Crippen molar-refractivity contribution in [1.29, 1.82) is 0 Å². The van der Waals surface area contributed by atoms with Crippen LogP contribution in [0.2, 0.25) is 10.3 Å². The Bertz CT molecular complexity index is 800. The molecule has 0 bridgehead atoms. The molecule has 0 aliphatic heterocycles. The summed E-state index contributed by atoms with van der Waals surface area (Å²) in [5.74, 6) is 0.668. The standard InChI is InChI=1S/C15H10BrCl2N3/c1-9-7-11(16)13(8-12(9)17)21-14(19-20-15(21)18)10-5-3-2-4-6-10/h2-8H,1H3. The molecule has 21 heavy (non-hydrogen) atoms. The lowest BCUT2D eigenvalue weighted by molar-refractivity contribution is 1.05. The molecule has 0 amide bonds. The fraction of sp³-hybridized carbons (Fsp3) is 0.0667. The van der Waals surface area contributed by atoms with Gasteiger partial charge in [0.25, 0.3) is 0 Å². The second kappa shape index (κ2) is 5.79. The van der Waals surface area contributed by atoms with Crippen LogP contribution in [0.1, 0.15) is 5.56 Å². The third-order valence-electron chi connectivity index (χ3n) is 3.12. The van der Waals surface area contributed by atoms with Crippen LogP contribution in [0.25, 0.3) is 17.1 Å². The number of aryl methyl sites for hydroxylation is 1. The summed E-state index contributed by atoms with van der Waals surface area (Å²) in [5.41, 5.74) is 2.72. The molecule has 2 aromatic carbocycles. The molecule has 0 unspecified atom stereocenters. The average molecular weight is 383 g/mol. The summed E-state index contributed by atoms with van der Waals surface area (Å²) in [6.07, 6.45) is 0. The van der Waals surface area contributed by atoms with E-state index in [1.807, 2.05) is 49.4 Å². The summed E-state index contributed by atoms with van der Waals surface area (Å²) in [4.78, 5) is 0. The Hall–Kier alpha value is -1.36. The summed E-state index contributed by atoms with van der Waals surface area (Å²) in [6, 6.07) is 13.6. The van der Waals surface area contributed by atoms with Gasteiger partial charge >= 0.3 is 0 Å². The van der Waals surface area contributed by atoms with Crippen LogP contribution in [-0.2, 0) is 0 Å². The maximum atomic E-state index is 6.24. The largest absolute Gasteiger partial charge is 0.265 e. The van der Waals surface area contributed by atoms with Gasteiger partial charge in [0.2, 0.25) is 5.28 Å². The van der Waals surface area contributed by atoms with Crippen molar-refractivity contribution in [2.75, 3.05) is 0 Å². The smallest absolute Gasteiger partial charge is 0.229 e. The van der Waals surface area contributed by atoms with E-state index < -0.39 is 0 Å². The van der Waals surface area contributed by atoms with Crippen molar-refractivity contribution in [3.05, 3.63) is 62.8 Å². The second-order valence-electron chi connectivity index (χ2n) is 4.55. The summed E-state index contributed by atoms with van der Waals surface area (Å²) in [6.45, 7) is 1.95. The number of hydrogen-bond donors (Lipinski definition) is 0. The van der Waals surface area contributed by atoms with Crippen LogP contribution in [0.5, 0.6) is 0 Å². The van der Waals surface area contributed by atoms with E-state index in [1.54, 1.807) is 4.57 Å². The van der Waals surface area contributed by atoms with Crippen molar-refractivity contribution in [3.8, 4) is 17.1 Å². The number of aromatic nitrogens is 3. The first-order valence-corrected chi connectivity index (χ1v) is 7.75. The first kappa shape index (κ1) is 14.6. The second-order valence-corrected chi connectivity index (χ2v) is 6.15. The quantitative estimate of drug-likeness (QED) is 0.601. The van der Waals surface area contributed by atoms with E-state index in [0.29, 0.717) is 10.8 Å². The highest BCUT2D eigenvalue weighted by Crippen LogP contribution is 2.33. The molecular weight excluding hydrogens is 373 g/mol. The molecule has 0 spiro atoms. The first-order valence-electron chi connectivity index (χ1n) is 6.20. The molecule has 3 nitrogen and oxygen atoms in total. The number of nitrogens with zero attached hydrogens (tertiary/aromatic N) is 3. The Balaban J connectivity index is 2.25. The van der Waals surface area contributed by atoms with Crippen molar-refractivity contribution in [1.82, 2.24) is 14.8 Å². The van der Waals surface area contributed by atoms with Crippen molar-refractivity contribution in [2.45, 2.75) is 6.92 Å². The molecule has 3 aromatic rings. The van der Waals surface area contributed by atoms with E-state index >= 15 is 0 Å². The van der Waals surface area contributed by atoms with Gasteiger partial charge in [-0.2, -0.15) is 0 Å². The van der Waals surface area contributed by atoms with Crippen molar-refractivity contribution in [3.63, 3.8) is 0 Å². The zero-order chi connectivity index (χ0) is 15.0. The minimum Gasteiger partial charge on any atom is -0.265 e. The van der Waals surface area contributed by atoms with Crippen LogP contribution in [0.15, 0.2) is 46.9 Å². The third kappa shape index (κ3) is 2.71. The van der Waals surface area contributed by atoms with Gasteiger partial charge in [0.15, 0.2) is 5.82 Å². The Morgan fingerprint density at radius 2 is 1.76 bits per heavy atom. The van der Waals surface area contributed by atoms with Gasteiger partial charge in [-0.25, -0.2) is 0 Å². The topological polar surface area (TPSA) is 30.7 Å². The molecule has 0 saturated carbocycles. The number of hydrogen-bond acceptors (Lipinski definition) is 2. The Morgan fingerprint density at radius 1 is 1.05 bits per heavy atom. The highest BCUT2D eigenvalue weighted by Gasteiger charge is 2.17. The van der Waals surface area contributed by atoms with Gasteiger partial charge in [0.1, 0.15) is 0 Å². The van der Waals surface area contributed by atoms with Crippen LogP contribution in [-0.4, -0.2) is 14.8 Å². The maximum absolute atomic E-state index is 6.24. The fourth-order valence-electron chi connectivity index (χ4n) is 2.06. The minimum absolute atomic E-state index is 0.287. The zero-order valence-corrected chi connectivity index (χ0v) is 14.1. The highest BCUT2D eigenvalue weighted by atomic mass is 79.9. The van der Waals surface area contributed by atoms with Gasteiger partial charge in [-0.1, -0.05) is 41.9 Å². The average Bonchev–Trinajstić information content (AvgIpc) is 2.85. The summed E-state index contributed by atoms with van der Waals surface area (Å²) in [5, 5.41) is 9.10. The molecule has 0 saturated heterocycles. The molecule has 0 aliphatic carbocycles. The molecule has 6 heteroatoms. The van der Waals surface area contributed by atoms with Crippen LogP contribution in [0.4, 0.5) is 0 Å². The lowest BCUT2D eigenvalue weighted by Gasteiger charge is -2.12. The van der Waals surface area contributed by atoms with E-state index in [0.717, 1.165) is 21.3 Å². The van der Waals surface area contributed by atoms with Crippen molar-refractivity contribution in [2.24, 2.45) is 0 Å². The van der Waals surface area contributed by atoms with E-state index in [-0.39, 0.29) is 5.28 Å². The van der Waals surface area contributed by atoms with Gasteiger partial charge in [0, 0.05) is 15.1 Å². The van der Waals surface area contributed by atoms with Crippen molar-refractivity contribution < 1.29 is 0 Å². The van der Waals surface area contributed by atoms with Crippen LogP contribution >= 0.6 is 39.1 Å². The summed E-state index contributed by atoms with van der Waals surface area (Å²) >= 11 is 16.0. The Labute approximate surface area is 140 Å². The lowest BCUT2D eigenvalue weighted by atomic mass is 10.2. The van der Waals surface area contributed by atoms with E-state index in [2.05, 4.69) is 26.1 Å². The molecule has 3 rings (SSSR count). The molecule has 0 atom stereocenters. The van der Waals surface area contributed by atoms with Crippen LogP contribution in [0.3, 0.4) is 0 Å². The van der Waals surface area contributed by atoms with E-state index in [1.165, 1.54) is 0 Å². The van der Waals surface area contributed by atoms with E-state index in [4.69, 9.17) is 23.2 Å². The number of rotatable bonds is 2. The molecule has 1 heterocycles. The van der Waals surface area contributed by atoms with Crippen molar-refractivity contribution >= 4 is 39.1 Å². The predicted molar refractivity (Wildman–Crippen MR) is 89.3 cm³/mol. The van der Waals surface area contributed by atoms with Crippen LogP contribution < -0.4 is 0 Å². The molecule has 1 aromatic heterocycles. The fourth-order valence-corrected chi connectivity index (χ4v) is 3.06. The summed E-state index contributed by atoms with van der Waals surface area (Å²) < 4.78 is 2.65. The van der Waals surface area contributed by atoms with Gasteiger partial charge in [-0.15, -0.1) is 10.2 Å². The van der Waals surface area contributed by atoms with Gasteiger partial charge < -0.3 is 0 Å². The van der Waals surface area contributed by atoms with Gasteiger partial charge in [-0.3, -0.25) is 4.57 Å². The first-order chi connectivity index (χ1) is 10.1. The zero-order valence-electron chi connectivity index (χ0n) is 11.0. The maximum Gasteiger partial charge on any atom is 0.229 e. The molecule has 0 radical (unpaired) electrons. The minimum atomic E-state index is 0.287. The normalized spacial score (nSPS) is 10.9. The number of benzene rings is 2. The third-order valence-corrected chi connectivity index (χ3v) is 4.41. The van der Waals surface area contributed by atoms with Crippen LogP contribution in [0, 0.1) is 6.92 Å². The van der Waals surface area contributed by atoms with E-state index in [9.17, 15) is 0 Å². The Kier molecular flexibility index (Phi) is 4.02. The molecule has 106 valence electrons.